The van der Waals surface area contributed by atoms with Crippen LogP contribution in [0.1, 0.15) is 51.9 Å². The van der Waals surface area contributed by atoms with Gasteiger partial charge in [-0.2, -0.15) is 0 Å². The zero-order valence-corrected chi connectivity index (χ0v) is 25.6. The van der Waals surface area contributed by atoms with Gasteiger partial charge in [-0.15, -0.1) is 11.3 Å². The molecule has 4 rings (SSSR count). The summed E-state index contributed by atoms with van der Waals surface area (Å²) in [5.74, 6) is -2.76. The van der Waals surface area contributed by atoms with E-state index in [1.807, 2.05) is 17.7 Å². The molecule has 0 fully saturated rings. The molecule has 4 aromatic rings. The van der Waals surface area contributed by atoms with Crippen LogP contribution in [-0.2, 0) is 38.9 Å². The van der Waals surface area contributed by atoms with Gasteiger partial charge in [0.2, 0.25) is 5.91 Å². The Morgan fingerprint density at radius 2 is 1.70 bits per heavy atom. The van der Waals surface area contributed by atoms with Crippen molar-refractivity contribution in [3.05, 3.63) is 93.8 Å². The summed E-state index contributed by atoms with van der Waals surface area (Å²) in [4.78, 5) is 50.2. The third-order valence-corrected chi connectivity index (χ3v) is 9.07. The van der Waals surface area contributed by atoms with Crippen molar-refractivity contribution in [1.82, 2.24) is 25.0 Å². The lowest BCUT2D eigenvalue weighted by Gasteiger charge is -2.21. The highest BCUT2D eigenvalue weighted by molar-refractivity contribution is 7.90. The summed E-state index contributed by atoms with van der Waals surface area (Å²) >= 11 is 1.14. The van der Waals surface area contributed by atoms with Gasteiger partial charge in [-0.25, -0.2) is 22.9 Å². The fourth-order valence-corrected chi connectivity index (χ4v) is 6.70. The molecule has 0 radical (unpaired) electrons. The molecule has 2 amide bonds. The van der Waals surface area contributed by atoms with Crippen LogP contribution in [0, 0.1) is 0 Å². The molecule has 2 aromatic heterocycles. The molecular weight excluding hydrogens is 606 g/mol. The Kier molecular flexibility index (Phi) is 10.5. The van der Waals surface area contributed by atoms with Crippen LogP contribution in [-0.4, -0.2) is 63.5 Å². The summed E-state index contributed by atoms with van der Waals surface area (Å²) in [5.41, 5.74) is 2.56. The molecule has 14 heteroatoms. The first kappa shape index (κ1) is 32.4. The minimum Gasteiger partial charge on any atom is -0.479 e. The second-order valence-electron chi connectivity index (χ2n) is 9.92. The molecule has 0 saturated heterocycles. The predicted molar refractivity (Wildman–Crippen MR) is 162 cm³/mol. The van der Waals surface area contributed by atoms with E-state index in [-0.39, 0.29) is 27.6 Å². The van der Waals surface area contributed by atoms with Crippen LogP contribution in [0.3, 0.4) is 0 Å². The zero-order chi connectivity index (χ0) is 31.9. The standard InChI is InChI=1S/C30H31N5O7S2/c1-3-9-22-25(43-29(34-22)28(38)33-23(27(37)30(39)40)14-19-10-5-4-6-11-19)15-20-16-32-24(17-31-20)21-12-7-8-13-26(21)44(41,42)35-18(2)36/h4-8,10-13,16-17,23,27,37H,3,9,14-15H2,1-2H3,(H,33,38)(H,35,36)(H,39,40). The molecular formula is C30H31N5O7S2. The van der Waals surface area contributed by atoms with Gasteiger partial charge < -0.3 is 15.5 Å². The normalized spacial score (nSPS) is 12.7. The van der Waals surface area contributed by atoms with Crippen molar-refractivity contribution in [2.24, 2.45) is 0 Å². The monoisotopic (exact) mass is 637 g/mol. The highest BCUT2D eigenvalue weighted by Crippen LogP contribution is 2.27. The van der Waals surface area contributed by atoms with E-state index in [1.165, 1.54) is 18.5 Å². The number of carbonyl (C=O) groups excluding carboxylic acids is 2. The number of aliphatic hydroxyl groups is 1. The molecule has 2 heterocycles. The summed E-state index contributed by atoms with van der Waals surface area (Å²) in [6.07, 6.45) is 2.88. The number of amides is 2. The van der Waals surface area contributed by atoms with Gasteiger partial charge in [-0.05, 0) is 24.5 Å². The number of aryl methyl sites for hydroxylation is 1. The molecule has 2 atom stereocenters. The Hall–Kier alpha value is -4.53. The molecule has 4 N–H and O–H groups in total. The maximum atomic E-state index is 13.2. The molecule has 0 saturated carbocycles. The second kappa shape index (κ2) is 14.3. The number of hydrogen-bond donors (Lipinski definition) is 4. The van der Waals surface area contributed by atoms with Crippen LogP contribution in [0.25, 0.3) is 11.3 Å². The van der Waals surface area contributed by atoms with Gasteiger partial charge in [0.1, 0.15) is 0 Å². The van der Waals surface area contributed by atoms with Crippen molar-refractivity contribution in [3.63, 3.8) is 0 Å². The maximum Gasteiger partial charge on any atom is 0.334 e. The first-order chi connectivity index (χ1) is 21.0. The Morgan fingerprint density at radius 1 is 1.00 bits per heavy atom. The SMILES string of the molecule is CCCc1nc(C(=O)NC(Cc2ccccc2)C(O)C(=O)O)sc1Cc1cnc(-c2ccccc2S(=O)(=O)NC(C)=O)cn1. The minimum absolute atomic E-state index is 0.108. The first-order valence-electron chi connectivity index (χ1n) is 13.7. The number of aliphatic carboxylic acids is 1. The largest absolute Gasteiger partial charge is 0.479 e. The number of hydrogen-bond acceptors (Lipinski definition) is 10. The number of carboxylic acids is 1. The molecule has 44 heavy (non-hydrogen) atoms. The zero-order valence-electron chi connectivity index (χ0n) is 23.9. The topological polar surface area (TPSA) is 189 Å². The molecule has 2 aromatic carbocycles. The summed E-state index contributed by atoms with van der Waals surface area (Å²) in [6.45, 7) is 3.08. The number of aromatic nitrogens is 3. The number of sulfonamides is 1. The average molecular weight is 638 g/mol. The van der Waals surface area contributed by atoms with E-state index in [9.17, 15) is 33.0 Å². The van der Waals surface area contributed by atoms with Crippen molar-refractivity contribution >= 4 is 39.1 Å². The van der Waals surface area contributed by atoms with E-state index in [1.54, 1.807) is 42.5 Å². The van der Waals surface area contributed by atoms with E-state index >= 15 is 0 Å². The quantitative estimate of drug-likeness (QED) is 0.170. The molecule has 0 spiro atoms. The average Bonchev–Trinajstić information content (AvgIpc) is 3.39. The molecule has 0 aliphatic heterocycles. The fourth-order valence-electron chi connectivity index (χ4n) is 4.47. The number of rotatable bonds is 13. The summed E-state index contributed by atoms with van der Waals surface area (Å²) in [6, 6.07) is 14.0. The van der Waals surface area contributed by atoms with Gasteiger partial charge in [-0.1, -0.05) is 61.9 Å². The number of benzene rings is 2. The van der Waals surface area contributed by atoms with Gasteiger partial charge in [-0.3, -0.25) is 19.6 Å². The highest BCUT2D eigenvalue weighted by Gasteiger charge is 2.29. The Morgan fingerprint density at radius 3 is 2.34 bits per heavy atom. The lowest BCUT2D eigenvalue weighted by molar-refractivity contribution is -0.148. The number of aliphatic hydroxyl groups excluding tert-OH is 1. The number of nitrogens with one attached hydrogen (secondary N) is 2. The van der Waals surface area contributed by atoms with Crippen molar-refractivity contribution in [1.29, 1.82) is 0 Å². The third kappa shape index (κ3) is 8.09. The Bertz CT molecular complexity index is 1740. The molecule has 2 unspecified atom stereocenters. The lowest BCUT2D eigenvalue weighted by Crippen LogP contribution is -2.48. The van der Waals surface area contributed by atoms with E-state index < -0.39 is 40.0 Å². The van der Waals surface area contributed by atoms with Gasteiger partial charge >= 0.3 is 5.97 Å². The van der Waals surface area contributed by atoms with Crippen LogP contribution < -0.4 is 10.0 Å². The molecule has 12 nitrogen and oxygen atoms in total. The predicted octanol–water partition coefficient (Wildman–Crippen LogP) is 2.75. The van der Waals surface area contributed by atoms with Crippen molar-refractivity contribution in [3.8, 4) is 11.3 Å². The Labute approximate surface area is 258 Å². The lowest BCUT2D eigenvalue weighted by atomic mass is 10.0. The van der Waals surface area contributed by atoms with E-state index in [0.29, 0.717) is 24.2 Å². The fraction of sp³-hybridized carbons (Fsp3) is 0.267. The van der Waals surface area contributed by atoms with E-state index in [2.05, 4.69) is 20.3 Å². The number of carboxylic acid groups (broad SMARTS) is 1. The Balaban J connectivity index is 1.55. The molecule has 0 aliphatic carbocycles. The number of nitrogens with zero attached hydrogens (tertiary/aromatic N) is 3. The van der Waals surface area contributed by atoms with Gasteiger partial charge in [0.25, 0.3) is 15.9 Å². The second-order valence-corrected chi connectivity index (χ2v) is 12.7. The summed E-state index contributed by atoms with van der Waals surface area (Å²) < 4.78 is 27.3. The molecule has 230 valence electrons. The highest BCUT2D eigenvalue weighted by atomic mass is 32.2. The molecule has 0 aliphatic rings. The van der Waals surface area contributed by atoms with Gasteiger partial charge in [0.15, 0.2) is 11.1 Å². The summed E-state index contributed by atoms with van der Waals surface area (Å²) in [5, 5.41) is 22.5. The van der Waals surface area contributed by atoms with Crippen LogP contribution in [0.5, 0.6) is 0 Å². The van der Waals surface area contributed by atoms with Crippen molar-refractivity contribution < 1.29 is 33.0 Å². The van der Waals surface area contributed by atoms with E-state index in [4.69, 9.17) is 0 Å². The third-order valence-electron chi connectivity index (χ3n) is 6.49. The van der Waals surface area contributed by atoms with E-state index in [0.717, 1.165) is 35.1 Å². The maximum absolute atomic E-state index is 13.2. The van der Waals surface area contributed by atoms with Crippen LogP contribution in [0.2, 0.25) is 0 Å². The smallest absolute Gasteiger partial charge is 0.334 e. The van der Waals surface area contributed by atoms with Crippen LogP contribution in [0.4, 0.5) is 0 Å². The van der Waals surface area contributed by atoms with Gasteiger partial charge in [0.05, 0.1) is 34.2 Å². The van der Waals surface area contributed by atoms with Crippen LogP contribution in [0.15, 0.2) is 71.9 Å². The van der Waals surface area contributed by atoms with Crippen LogP contribution >= 0.6 is 11.3 Å². The molecule has 0 bridgehead atoms. The van der Waals surface area contributed by atoms with Crippen molar-refractivity contribution in [2.45, 2.75) is 56.6 Å². The number of carbonyl (C=O) groups is 3. The van der Waals surface area contributed by atoms with Crippen molar-refractivity contribution in [2.75, 3.05) is 0 Å². The first-order valence-corrected chi connectivity index (χ1v) is 16.0. The number of thiazole rings is 1. The van der Waals surface area contributed by atoms with Gasteiger partial charge in [0, 0.05) is 30.0 Å². The summed E-state index contributed by atoms with van der Waals surface area (Å²) in [7, 11) is -4.11. The minimum atomic E-state index is -4.11.